The molecule has 7 aliphatic rings. The summed E-state index contributed by atoms with van der Waals surface area (Å²) in [5.41, 5.74) is 3.63. The second-order valence-electron chi connectivity index (χ2n) is 28.0. The lowest BCUT2D eigenvalue weighted by Crippen LogP contribution is -2.39. The number of esters is 7. The molecule has 0 amide bonds. The maximum absolute atomic E-state index is 12.0. The SMILES string of the molecule is C=C(Br)C(=O)OCCN1CCOCC1.CC(C)(Br)C(=O)OCCN1CCOCC1.CC(CBr)C(=O)OCCN1CCOCC1.Cc1ccc(C(Br)C(=O)OCCN2CCOCC2)cc1.O=C(CCBr)OCCN1CCOCC1.O=C(OCCN1CCOCC1)C(Br)c1ccc([N+](=O)[O-])cc1.O=C(OCCN1CCOCC1)C(Br)c1ccccc1. The molecule has 0 saturated carbocycles. The first-order valence-electron chi connectivity index (χ1n) is 40.0. The van der Waals surface area contributed by atoms with Crippen molar-refractivity contribution in [2.45, 2.75) is 52.9 Å². The maximum atomic E-state index is 12.0. The van der Waals surface area contributed by atoms with Crippen molar-refractivity contribution in [2.24, 2.45) is 5.92 Å². The Bertz CT molecular complexity index is 3290. The van der Waals surface area contributed by atoms with Crippen LogP contribution in [0.1, 0.15) is 63.9 Å². The van der Waals surface area contributed by atoms with Crippen LogP contribution in [0, 0.1) is 23.0 Å². The highest BCUT2D eigenvalue weighted by Gasteiger charge is 2.27. The molecule has 0 aliphatic carbocycles. The average molecular weight is 2130 g/mol. The highest BCUT2D eigenvalue weighted by molar-refractivity contribution is 9.12. The van der Waals surface area contributed by atoms with Crippen molar-refractivity contribution in [3.05, 3.63) is 122 Å². The molecule has 3 aromatic carbocycles. The van der Waals surface area contributed by atoms with E-state index in [1.807, 2.05) is 68.4 Å². The summed E-state index contributed by atoms with van der Waals surface area (Å²) in [6, 6.07) is 23.2. The number of nitro benzene ring substituents is 1. The van der Waals surface area contributed by atoms with Crippen molar-refractivity contribution in [1.82, 2.24) is 34.3 Å². The highest BCUT2D eigenvalue weighted by Crippen LogP contribution is 2.28. The minimum Gasteiger partial charge on any atom is -0.464 e. The van der Waals surface area contributed by atoms with Gasteiger partial charge in [-0.1, -0.05) is 181 Å². The van der Waals surface area contributed by atoms with Gasteiger partial charge in [-0.15, -0.1) is 0 Å². The third kappa shape index (κ3) is 50.0. The number of nitro groups is 1. The number of hydrogen-bond acceptors (Lipinski definition) is 30. The second kappa shape index (κ2) is 65.5. The fourth-order valence-electron chi connectivity index (χ4n) is 11.1. The number of carbonyl (C=O) groups is 7. The van der Waals surface area contributed by atoms with Gasteiger partial charge in [0.05, 0.1) is 114 Å². The number of aryl methyl sites for hydroxylation is 1. The number of rotatable bonds is 34. The molecular weight excluding hydrogens is 2010 g/mol. The number of hydrogen-bond donors (Lipinski definition) is 0. The Hall–Kier alpha value is -4.11. The number of carbonyl (C=O) groups excluding carboxylic acids is 7. The van der Waals surface area contributed by atoms with E-state index >= 15 is 0 Å². The molecule has 0 spiro atoms. The van der Waals surface area contributed by atoms with Crippen LogP contribution in [0.3, 0.4) is 0 Å². The fraction of sp³-hybridized carbons (Fsp3) is 0.667. The topological polar surface area (TPSA) is 315 Å². The van der Waals surface area contributed by atoms with Gasteiger partial charge in [-0.3, -0.25) is 73.2 Å². The summed E-state index contributed by atoms with van der Waals surface area (Å²) in [4.78, 5) is 105. The van der Waals surface area contributed by atoms with Crippen molar-refractivity contribution in [3.8, 4) is 0 Å². The summed E-state index contributed by atoms with van der Waals surface area (Å²) in [6.45, 7) is 42.7. The Morgan fingerprint density at radius 2 is 0.697 bits per heavy atom. The Morgan fingerprint density at radius 3 is 0.975 bits per heavy atom. The molecule has 0 aromatic heterocycles. The van der Waals surface area contributed by atoms with Crippen LogP contribution >= 0.6 is 112 Å². The van der Waals surface area contributed by atoms with Crippen LogP contribution in [-0.4, -0.2) is 372 Å². The van der Waals surface area contributed by atoms with E-state index in [-0.39, 0.29) is 45.9 Å². The van der Waals surface area contributed by atoms with E-state index in [0.29, 0.717) is 88.7 Å². The largest absolute Gasteiger partial charge is 0.464 e. The van der Waals surface area contributed by atoms with Gasteiger partial charge in [-0.25, -0.2) is 4.79 Å². The third-order valence-electron chi connectivity index (χ3n) is 18.4. The molecule has 0 radical (unpaired) electrons. The zero-order valence-corrected chi connectivity index (χ0v) is 80.1. The van der Waals surface area contributed by atoms with Crippen LogP contribution in [0.2, 0.25) is 0 Å². The van der Waals surface area contributed by atoms with Crippen LogP contribution < -0.4 is 0 Å². The Morgan fingerprint density at radius 1 is 0.429 bits per heavy atom. The highest BCUT2D eigenvalue weighted by atomic mass is 79.9. The van der Waals surface area contributed by atoms with Crippen LogP contribution in [-0.2, 0) is 99.9 Å². The van der Waals surface area contributed by atoms with Crippen molar-refractivity contribution in [2.75, 3.05) is 287 Å². The Labute approximate surface area is 760 Å². The van der Waals surface area contributed by atoms with E-state index in [2.05, 4.69) is 152 Å². The van der Waals surface area contributed by atoms with Crippen LogP contribution in [0.15, 0.2) is 89.9 Å². The van der Waals surface area contributed by atoms with Gasteiger partial charge >= 0.3 is 41.8 Å². The summed E-state index contributed by atoms with van der Waals surface area (Å²) < 4.78 is 72.4. The van der Waals surface area contributed by atoms with Crippen molar-refractivity contribution in [1.29, 1.82) is 0 Å². The second-order valence-corrected chi connectivity index (χ2v) is 35.1. The molecule has 31 nitrogen and oxygen atoms in total. The van der Waals surface area contributed by atoms with E-state index in [1.54, 1.807) is 26.0 Å². The molecule has 7 heterocycles. The summed E-state index contributed by atoms with van der Waals surface area (Å²) >= 11 is 22.7. The smallest absolute Gasteiger partial charge is 0.344 e. The molecule has 4 atom stereocenters. The summed E-state index contributed by atoms with van der Waals surface area (Å²) in [5, 5.41) is 11.9. The van der Waals surface area contributed by atoms with Crippen LogP contribution in [0.4, 0.5) is 5.69 Å². The zero-order valence-electron chi connectivity index (χ0n) is 69.0. The number of morpholine rings is 7. The molecule has 7 aliphatic heterocycles. The number of alkyl halides is 6. The molecule has 7 fully saturated rings. The van der Waals surface area contributed by atoms with Gasteiger partial charge in [-0.05, 0) is 53.4 Å². The minimum atomic E-state index is -0.627. The average Bonchev–Trinajstić information content (AvgIpc) is 0.870. The van der Waals surface area contributed by atoms with Gasteiger partial charge in [0.15, 0.2) is 0 Å². The number of halogens is 7. The first kappa shape index (κ1) is 107. The quantitative estimate of drug-likeness (QED) is 0.0134. The molecular formula is C81H121Br7N8O23. The van der Waals surface area contributed by atoms with Gasteiger partial charge in [0.25, 0.3) is 5.69 Å². The molecule has 38 heteroatoms. The van der Waals surface area contributed by atoms with Crippen LogP contribution in [0.5, 0.6) is 0 Å². The van der Waals surface area contributed by atoms with Gasteiger partial charge < -0.3 is 66.3 Å². The van der Waals surface area contributed by atoms with Gasteiger partial charge in [0.2, 0.25) is 0 Å². The van der Waals surface area contributed by atoms with Crippen LogP contribution in [0.25, 0.3) is 0 Å². The van der Waals surface area contributed by atoms with Gasteiger partial charge in [0.1, 0.15) is 65.1 Å². The number of ether oxygens (including phenoxy) is 14. The predicted molar refractivity (Wildman–Crippen MR) is 476 cm³/mol. The third-order valence-corrected chi connectivity index (χ3v) is 23.1. The number of benzene rings is 3. The number of non-ortho nitro benzene ring substituents is 1. The zero-order chi connectivity index (χ0) is 86.8. The lowest BCUT2D eigenvalue weighted by Gasteiger charge is -2.26. The standard InChI is InChI=1S/C15H20BrNO3.C14H17BrN2O5.C14H18BrNO3.2C10H18BrNO3.C9H14BrNO3.C9H16BrNO3/c1-12-2-4-13(5-3-12)14(16)15(18)20-11-8-17-6-9-19-10-7-17;15-13(11-1-3-12(4-2-11)17(19)20)14(18)22-10-7-16-5-8-21-9-6-16;15-13(12-4-2-1-3-5-12)14(17)19-11-8-16-6-9-18-10-7-16;1-10(2,11)9(13)15-8-5-12-3-6-14-7-4-12;1-9(8-11)10(13)15-7-4-12-2-5-14-6-3-12;1-8(10)9(12)14-7-4-11-2-5-13-6-3-11;10-2-1-9(12)14-8-5-11-3-6-13-7-4-11/h2-5,14H,6-11H2,1H3;1-4,13H,5-10H2;1-5,13H,6-11H2;3-8H2,1-2H3;9H,2-8H2,1H3;1-7H2;1-8H2. The summed E-state index contributed by atoms with van der Waals surface area (Å²) in [7, 11) is 0. The van der Waals surface area contributed by atoms with Gasteiger partial charge in [0, 0.05) is 160 Å². The predicted octanol–water partition coefficient (Wildman–Crippen LogP) is 9.56. The maximum Gasteiger partial charge on any atom is 0.344 e. The first-order valence-corrected chi connectivity index (χ1v) is 46.6. The van der Waals surface area contributed by atoms with E-state index in [0.717, 1.165) is 221 Å². The summed E-state index contributed by atoms with van der Waals surface area (Å²) in [5.74, 6) is -1.79. The normalized spacial score (nSPS) is 18.1. The number of nitrogens with zero attached hydrogens (tertiary/aromatic N) is 8. The molecule has 4 unspecified atom stereocenters. The lowest BCUT2D eigenvalue weighted by atomic mass is 10.1. The first-order chi connectivity index (χ1) is 57.3. The Balaban J connectivity index is 0.000000294. The molecule has 672 valence electrons. The monoisotopic (exact) mass is 2130 g/mol. The minimum absolute atomic E-state index is 0.0101. The van der Waals surface area contributed by atoms with Crippen molar-refractivity contribution < 1.29 is 105 Å². The molecule has 7 saturated heterocycles. The fourth-order valence-corrected chi connectivity index (χ4v) is 13.2. The van der Waals surface area contributed by atoms with Crippen molar-refractivity contribution >= 4 is 159 Å². The van der Waals surface area contributed by atoms with Gasteiger partial charge in [-0.2, -0.15) is 0 Å². The molecule has 119 heavy (non-hydrogen) atoms. The molecule has 0 bridgehead atoms. The van der Waals surface area contributed by atoms with E-state index in [4.69, 9.17) is 66.3 Å². The van der Waals surface area contributed by atoms with E-state index in [1.165, 1.54) is 17.7 Å². The van der Waals surface area contributed by atoms with Crippen molar-refractivity contribution in [3.63, 3.8) is 0 Å². The van der Waals surface area contributed by atoms with E-state index in [9.17, 15) is 43.7 Å². The summed E-state index contributed by atoms with van der Waals surface area (Å²) in [6.07, 6.45) is 0.448. The lowest BCUT2D eigenvalue weighted by molar-refractivity contribution is -0.384. The van der Waals surface area contributed by atoms with E-state index < -0.39 is 35.7 Å². The molecule has 10 rings (SSSR count). The molecule has 0 N–H and O–H groups in total. The Kier molecular flexibility index (Phi) is 59.0. The molecule has 3 aromatic rings.